The van der Waals surface area contributed by atoms with E-state index in [1.54, 1.807) is 0 Å². The SMILES string of the molecule is Cc1cc2cc(N(c3ccccc3)c3ccccc3)ccc2c2ccc3c4ccc(N(c5ccccc5)c5ccccc5)cc4ccc3c12. The number of benzene rings is 9. The normalized spacial score (nSPS) is 11.4. The van der Waals surface area contributed by atoms with Crippen LogP contribution in [0.2, 0.25) is 0 Å². The minimum Gasteiger partial charge on any atom is -0.310 e. The lowest BCUT2D eigenvalue weighted by Gasteiger charge is -2.26. The fourth-order valence-electron chi connectivity index (χ4n) is 7.48. The van der Waals surface area contributed by atoms with Gasteiger partial charge in [-0.05, 0) is 128 Å². The number of hydrogen-bond acceptors (Lipinski definition) is 2. The van der Waals surface area contributed by atoms with Crippen LogP contribution in [0.5, 0.6) is 0 Å². The van der Waals surface area contributed by atoms with E-state index in [1.807, 2.05) is 0 Å². The van der Waals surface area contributed by atoms with Gasteiger partial charge in [-0.15, -0.1) is 0 Å². The Bertz CT molecular complexity index is 2520. The van der Waals surface area contributed by atoms with E-state index in [1.165, 1.54) is 48.7 Å². The monoisotopic (exact) mass is 626 g/mol. The number of hydrogen-bond donors (Lipinski definition) is 0. The summed E-state index contributed by atoms with van der Waals surface area (Å²) in [6.45, 7) is 2.25. The summed E-state index contributed by atoms with van der Waals surface area (Å²) in [7, 11) is 0. The molecule has 0 bridgehead atoms. The third-order valence-corrected chi connectivity index (χ3v) is 9.67. The molecule has 0 saturated carbocycles. The first kappa shape index (κ1) is 28.8. The Hall–Kier alpha value is -6.38. The molecule has 9 aromatic rings. The van der Waals surface area contributed by atoms with Crippen molar-refractivity contribution in [3.05, 3.63) is 194 Å². The molecule has 0 unspecified atom stereocenters. The molecule has 0 aliphatic rings. The fourth-order valence-corrected chi connectivity index (χ4v) is 7.48. The van der Waals surface area contributed by atoms with Gasteiger partial charge in [0, 0.05) is 34.1 Å². The van der Waals surface area contributed by atoms with Crippen LogP contribution >= 0.6 is 0 Å². The summed E-state index contributed by atoms with van der Waals surface area (Å²) < 4.78 is 0. The molecule has 2 nitrogen and oxygen atoms in total. The van der Waals surface area contributed by atoms with Crippen molar-refractivity contribution >= 4 is 77.2 Å². The lowest BCUT2D eigenvalue weighted by atomic mass is 9.91. The fraction of sp³-hybridized carbons (Fsp3) is 0.0213. The highest BCUT2D eigenvalue weighted by Gasteiger charge is 2.16. The van der Waals surface area contributed by atoms with Crippen LogP contribution in [-0.4, -0.2) is 0 Å². The highest BCUT2D eigenvalue weighted by molar-refractivity contribution is 6.23. The molecule has 0 saturated heterocycles. The van der Waals surface area contributed by atoms with E-state index in [2.05, 4.69) is 205 Å². The molecule has 9 aromatic carbocycles. The molecular formula is C47H34N2. The van der Waals surface area contributed by atoms with Crippen molar-refractivity contribution in [2.24, 2.45) is 0 Å². The summed E-state index contributed by atoms with van der Waals surface area (Å²) in [5.74, 6) is 0. The van der Waals surface area contributed by atoms with Crippen LogP contribution in [0.25, 0.3) is 43.1 Å². The molecule has 49 heavy (non-hydrogen) atoms. The lowest BCUT2D eigenvalue weighted by molar-refractivity contribution is 1.29. The van der Waals surface area contributed by atoms with E-state index < -0.39 is 0 Å². The summed E-state index contributed by atoms with van der Waals surface area (Å²) in [6, 6.07) is 67.8. The smallest absolute Gasteiger partial charge is 0.0468 e. The van der Waals surface area contributed by atoms with Crippen molar-refractivity contribution in [1.29, 1.82) is 0 Å². The van der Waals surface area contributed by atoms with Crippen molar-refractivity contribution in [2.75, 3.05) is 9.80 Å². The van der Waals surface area contributed by atoms with Gasteiger partial charge in [-0.3, -0.25) is 0 Å². The number of para-hydroxylation sites is 4. The quantitative estimate of drug-likeness (QED) is 0.169. The molecule has 232 valence electrons. The molecule has 9 rings (SSSR count). The Kier molecular flexibility index (Phi) is 7.06. The topological polar surface area (TPSA) is 6.48 Å². The second-order valence-corrected chi connectivity index (χ2v) is 12.7. The van der Waals surface area contributed by atoms with Gasteiger partial charge in [-0.25, -0.2) is 0 Å². The maximum atomic E-state index is 2.36. The zero-order valence-electron chi connectivity index (χ0n) is 27.3. The summed E-state index contributed by atoms with van der Waals surface area (Å²) in [4.78, 5) is 4.65. The molecule has 0 atom stereocenters. The van der Waals surface area contributed by atoms with Gasteiger partial charge in [0.25, 0.3) is 0 Å². The van der Waals surface area contributed by atoms with Gasteiger partial charge in [0.05, 0.1) is 0 Å². The average molecular weight is 627 g/mol. The highest BCUT2D eigenvalue weighted by Crippen LogP contribution is 2.42. The van der Waals surface area contributed by atoms with Gasteiger partial charge in [-0.2, -0.15) is 0 Å². The molecule has 2 heteroatoms. The van der Waals surface area contributed by atoms with Crippen LogP contribution in [0.15, 0.2) is 188 Å². The second kappa shape index (κ2) is 12.0. The lowest BCUT2D eigenvalue weighted by Crippen LogP contribution is -2.09. The summed E-state index contributed by atoms with van der Waals surface area (Å²) in [6.07, 6.45) is 0. The predicted molar refractivity (Wildman–Crippen MR) is 211 cm³/mol. The Morgan fingerprint density at radius 2 is 0.653 bits per heavy atom. The minimum absolute atomic E-state index is 1.14. The molecule has 0 aromatic heterocycles. The van der Waals surface area contributed by atoms with Crippen molar-refractivity contribution in [2.45, 2.75) is 6.92 Å². The van der Waals surface area contributed by atoms with Crippen molar-refractivity contribution < 1.29 is 0 Å². The maximum Gasteiger partial charge on any atom is 0.0468 e. The van der Waals surface area contributed by atoms with E-state index in [-0.39, 0.29) is 0 Å². The molecule has 0 amide bonds. The van der Waals surface area contributed by atoms with Gasteiger partial charge in [0.15, 0.2) is 0 Å². The molecule has 0 aliphatic heterocycles. The molecule has 0 radical (unpaired) electrons. The molecule has 0 heterocycles. The van der Waals surface area contributed by atoms with Crippen LogP contribution in [0, 0.1) is 6.92 Å². The van der Waals surface area contributed by atoms with Crippen LogP contribution in [0.3, 0.4) is 0 Å². The first-order valence-electron chi connectivity index (χ1n) is 16.9. The maximum absolute atomic E-state index is 2.36. The van der Waals surface area contributed by atoms with Gasteiger partial charge in [-0.1, -0.05) is 115 Å². The zero-order chi connectivity index (χ0) is 32.7. The standard InChI is InChI=1S/C47H34N2/c1-33-30-35-32-41(49(38-18-10-4-11-19-38)39-20-12-5-13-21-39)24-27-43(35)45-29-28-44-42-26-23-40(31-34(42)22-25-46(44)47(33)45)48(36-14-6-2-7-15-36)37-16-8-3-9-17-37/h2-32H,1H3. The van der Waals surface area contributed by atoms with Crippen LogP contribution in [-0.2, 0) is 0 Å². The van der Waals surface area contributed by atoms with Crippen LogP contribution in [0.4, 0.5) is 34.1 Å². The van der Waals surface area contributed by atoms with E-state index in [0.717, 1.165) is 34.1 Å². The van der Waals surface area contributed by atoms with Crippen molar-refractivity contribution in [1.82, 2.24) is 0 Å². The third kappa shape index (κ3) is 5.06. The Balaban J connectivity index is 1.17. The van der Waals surface area contributed by atoms with Crippen LogP contribution in [0.1, 0.15) is 5.56 Å². The Morgan fingerprint density at radius 1 is 0.286 bits per heavy atom. The number of nitrogens with zero attached hydrogens (tertiary/aromatic N) is 2. The largest absolute Gasteiger partial charge is 0.310 e. The van der Waals surface area contributed by atoms with E-state index in [0.29, 0.717) is 0 Å². The van der Waals surface area contributed by atoms with E-state index >= 15 is 0 Å². The second-order valence-electron chi connectivity index (χ2n) is 12.7. The molecule has 0 fully saturated rings. The van der Waals surface area contributed by atoms with Gasteiger partial charge >= 0.3 is 0 Å². The highest BCUT2D eigenvalue weighted by atomic mass is 15.1. The number of anilines is 6. The summed E-state index contributed by atoms with van der Waals surface area (Å²) in [5, 5.41) is 10.2. The van der Waals surface area contributed by atoms with Gasteiger partial charge < -0.3 is 9.80 Å². The first-order valence-corrected chi connectivity index (χ1v) is 16.9. The van der Waals surface area contributed by atoms with Crippen molar-refractivity contribution in [3.63, 3.8) is 0 Å². The first-order chi connectivity index (χ1) is 24.2. The molecular weight excluding hydrogens is 593 g/mol. The number of rotatable bonds is 6. The van der Waals surface area contributed by atoms with Gasteiger partial charge in [0.1, 0.15) is 0 Å². The Morgan fingerprint density at radius 3 is 1.14 bits per heavy atom. The van der Waals surface area contributed by atoms with Crippen molar-refractivity contribution in [3.8, 4) is 0 Å². The van der Waals surface area contributed by atoms with E-state index in [4.69, 9.17) is 0 Å². The molecule has 0 N–H and O–H groups in total. The zero-order valence-corrected chi connectivity index (χ0v) is 27.3. The Labute approximate surface area is 286 Å². The molecule has 0 aliphatic carbocycles. The predicted octanol–water partition coefficient (Wildman–Crippen LogP) is 13.5. The van der Waals surface area contributed by atoms with Crippen LogP contribution < -0.4 is 9.80 Å². The molecule has 0 spiro atoms. The van der Waals surface area contributed by atoms with Gasteiger partial charge in [0.2, 0.25) is 0 Å². The number of aryl methyl sites for hydroxylation is 1. The van der Waals surface area contributed by atoms with E-state index in [9.17, 15) is 0 Å². The average Bonchev–Trinajstić information content (AvgIpc) is 3.16. The minimum atomic E-state index is 1.14. The summed E-state index contributed by atoms with van der Waals surface area (Å²) >= 11 is 0. The summed E-state index contributed by atoms with van der Waals surface area (Å²) in [5.41, 5.74) is 8.13. The number of fused-ring (bicyclic) bond motifs is 7. The third-order valence-electron chi connectivity index (χ3n) is 9.67.